The van der Waals surface area contributed by atoms with Crippen LogP contribution in [-0.4, -0.2) is 11.0 Å². The van der Waals surface area contributed by atoms with Crippen molar-refractivity contribution in [3.05, 3.63) is 24.0 Å². The average molecular weight is 190 g/mol. The maximum atomic E-state index is 4.17. The fraction of sp³-hybridized carbons (Fsp3) is 0.583. The lowest BCUT2D eigenvalue weighted by Gasteiger charge is -2.14. The summed E-state index contributed by atoms with van der Waals surface area (Å²) in [5, 5.41) is 3.49. The number of nitrogens with one attached hydrogen (secondary N) is 1. The second-order valence-corrected chi connectivity index (χ2v) is 4.48. The van der Waals surface area contributed by atoms with E-state index in [4.69, 9.17) is 0 Å². The summed E-state index contributed by atoms with van der Waals surface area (Å²) < 4.78 is 0. The largest absolute Gasteiger partial charge is 0.381 e. The molecule has 1 aromatic heterocycles. The van der Waals surface area contributed by atoms with E-state index in [0.717, 1.165) is 11.6 Å². The number of nitrogens with zero attached hydrogens (tertiary/aromatic N) is 1. The summed E-state index contributed by atoms with van der Waals surface area (Å²) in [4.78, 5) is 4.17. The molecule has 1 atom stereocenters. The first-order valence-electron chi connectivity index (χ1n) is 5.42. The van der Waals surface area contributed by atoms with E-state index in [-0.39, 0.29) is 0 Å². The van der Waals surface area contributed by atoms with Crippen LogP contribution in [0.3, 0.4) is 0 Å². The lowest BCUT2D eigenvalue weighted by molar-refractivity contribution is 0.642. The Morgan fingerprint density at radius 1 is 1.50 bits per heavy atom. The Hall–Kier alpha value is -1.05. The van der Waals surface area contributed by atoms with Gasteiger partial charge in [-0.1, -0.05) is 12.8 Å². The normalized spacial score (nSPS) is 17.9. The van der Waals surface area contributed by atoms with Crippen LogP contribution >= 0.6 is 0 Å². The van der Waals surface area contributed by atoms with E-state index in [1.165, 1.54) is 24.8 Å². The number of aryl methyl sites for hydroxylation is 1. The molecule has 76 valence electrons. The fourth-order valence-electron chi connectivity index (χ4n) is 1.83. The maximum Gasteiger partial charge on any atom is 0.0531 e. The Morgan fingerprint density at radius 2 is 2.29 bits per heavy atom. The van der Waals surface area contributed by atoms with Gasteiger partial charge < -0.3 is 5.32 Å². The highest BCUT2D eigenvalue weighted by molar-refractivity contribution is 5.43. The van der Waals surface area contributed by atoms with E-state index >= 15 is 0 Å². The fourth-order valence-corrected chi connectivity index (χ4v) is 1.83. The Labute approximate surface area is 85.7 Å². The van der Waals surface area contributed by atoms with Crippen LogP contribution in [0.25, 0.3) is 0 Å². The van der Waals surface area contributed by atoms with Crippen molar-refractivity contribution in [1.82, 2.24) is 4.98 Å². The van der Waals surface area contributed by atoms with Crippen LogP contribution in [0.15, 0.2) is 18.5 Å². The van der Waals surface area contributed by atoms with Gasteiger partial charge in [0.05, 0.1) is 5.69 Å². The highest BCUT2D eigenvalue weighted by atomic mass is 14.9. The molecule has 2 nitrogen and oxygen atoms in total. The smallest absolute Gasteiger partial charge is 0.0531 e. The Balaban J connectivity index is 1.88. The topological polar surface area (TPSA) is 24.9 Å². The van der Waals surface area contributed by atoms with Crippen LogP contribution in [0.4, 0.5) is 5.69 Å². The van der Waals surface area contributed by atoms with Crippen LogP contribution in [-0.2, 0) is 0 Å². The van der Waals surface area contributed by atoms with Gasteiger partial charge in [0.1, 0.15) is 0 Å². The van der Waals surface area contributed by atoms with E-state index < -0.39 is 0 Å². The van der Waals surface area contributed by atoms with Crippen molar-refractivity contribution in [3.8, 4) is 0 Å². The third kappa shape index (κ3) is 2.72. The molecular weight excluding hydrogens is 172 g/mol. The van der Waals surface area contributed by atoms with Gasteiger partial charge in [-0.05, 0) is 37.8 Å². The van der Waals surface area contributed by atoms with Crippen LogP contribution < -0.4 is 5.32 Å². The third-order valence-electron chi connectivity index (χ3n) is 2.67. The van der Waals surface area contributed by atoms with Gasteiger partial charge in [-0.3, -0.25) is 4.98 Å². The molecule has 0 bridgehead atoms. The van der Waals surface area contributed by atoms with Crippen molar-refractivity contribution >= 4 is 5.69 Å². The molecule has 1 fully saturated rings. The Bertz CT molecular complexity index is 305. The molecule has 0 radical (unpaired) electrons. The summed E-state index contributed by atoms with van der Waals surface area (Å²) in [6.45, 7) is 4.32. The molecule has 0 saturated heterocycles. The van der Waals surface area contributed by atoms with Gasteiger partial charge in [0.2, 0.25) is 0 Å². The molecule has 2 rings (SSSR count). The minimum atomic E-state index is 0.575. The van der Waals surface area contributed by atoms with Crippen molar-refractivity contribution in [2.24, 2.45) is 5.92 Å². The van der Waals surface area contributed by atoms with Crippen LogP contribution in [0.5, 0.6) is 0 Å². The second kappa shape index (κ2) is 3.99. The molecule has 0 aromatic carbocycles. The lowest BCUT2D eigenvalue weighted by Crippen LogP contribution is -2.15. The van der Waals surface area contributed by atoms with Crippen LogP contribution in [0.1, 0.15) is 31.7 Å². The number of rotatable bonds is 4. The zero-order valence-electron chi connectivity index (χ0n) is 8.96. The van der Waals surface area contributed by atoms with E-state index in [2.05, 4.69) is 30.2 Å². The van der Waals surface area contributed by atoms with Crippen LogP contribution in [0.2, 0.25) is 0 Å². The monoisotopic (exact) mass is 190 g/mol. The third-order valence-corrected chi connectivity index (χ3v) is 2.67. The zero-order chi connectivity index (χ0) is 9.97. The first kappa shape index (κ1) is 9.50. The van der Waals surface area contributed by atoms with Crippen molar-refractivity contribution in [1.29, 1.82) is 0 Å². The molecule has 2 heteroatoms. The molecule has 0 spiro atoms. The summed E-state index contributed by atoms with van der Waals surface area (Å²) in [6, 6.07) is 2.72. The number of hydrogen-bond donors (Lipinski definition) is 1. The molecule has 1 aromatic rings. The van der Waals surface area contributed by atoms with Gasteiger partial charge in [0.15, 0.2) is 0 Å². The van der Waals surface area contributed by atoms with Gasteiger partial charge in [-0.2, -0.15) is 0 Å². The van der Waals surface area contributed by atoms with Crippen molar-refractivity contribution < 1.29 is 0 Å². The van der Waals surface area contributed by atoms with Crippen molar-refractivity contribution in [3.63, 3.8) is 0 Å². The molecule has 1 unspecified atom stereocenters. The standard InChI is InChI=1S/C12H18N2/c1-9-5-12(8-13-7-9)14-10(2)6-11-3-4-11/h5,7-8,10-11,14H,3-4,6H2,1-2H3. The van der Waals surface area contributed by atoms with E-state index in [1.54, 1.807) is 0 Å². The summed E-state index contributed by atoms with van der Waals surface area (Å²) in [7, 11) is 0. The maximum absolute atomic E-state index is 4.17. The Morgan fingerprint density at radius 3 is 2.93 bits per heavy atom. The van der Waals surface area contributed by atoms with Gasteiger partial charge in [0, 0.05) is 18.4 Å². The summed E-state index contributed by atoms with van der Waals surface area (Å²) >= 11 is 0. The zero-order valence-corrected chi connectivity index (χ0v) is 8.96. The molecule has 0 amide bonds. The quantitative estimate of drug-likeness (QED) is 0.789. The van der Waals surface area contributed by atoms with Gasteiger partial charge in [-0.25, -0.2) is 0 Å². The first-order valence-corrected chi connectivity index (χ1v) is 5.42. The highest BCUT2D eigenvalue weighted by Crippen LogP contribution is 2.34. The minimum Gasteiger partial charge on any atom is -0.381 e. The Kier molecular flexibility index (Phi) is 2.71. The van der Waals surface area contributed by atoms with E-state index in [1.807, 2.05) is 12.4 Å². The number of aromatic nitrogens is 1. The predicted octanol–water partition coefficient (Wildman–Crippen LogP) is 2.99. The average Bonchev–Trinajstić information content (AvgIpc) is 2.87. The summed E-state index contributed by atoms with van der Waals surface area (Å²) in [5.41, 5.74) is 2.37. The summed E-state index contributed by atoms with van der Waals surface area (Å²) in [5.74, 6) is 0.982. The number of pyridine rings is 1. The van der Waals surface area contributed by atoms with Gasteiger partial charge in [-0.15, -0.1) is 0 Å². The molecule has 1 aliphatic carbocycles. The van der Waals surface area contributed by atoms with Crippen molar-refractivity contribution in [2.75, 3.05) is 5.32 Å². The SMILES string of the molecule is Cc1cncc(NC(C)CC2CC2)c1. The number of hydrogen-bond acceptors (Lipinski definition) is 2. The number of anilines is 1. The molecule has 1 N–H and O–H groups in total. The van der Waals surface area contributed by atoms with E-state index in [0.29, 0.717) is 6.04 Å². The summed E-state index contributed by atoms with van der Waals surface area (Å²) in [6.07, 6.45) is 7.94. The molecular formula is C12H18N2. The molecule has 14 heavy (non-hydrogen) atoms. The minimum absolute atomic E-state index is 0.575. The molecule has 0 aliphatic heterocycles. The van der Waals surface area contributed by atoms with Gasteiger partial charge in [0.25, 0.3) is 0 Å². The van der Waals surface area contributed by atoms with Crippen molar-refractivity contribution in [2.45, 2.75) is 39.2 Å². The first-order chi connectivity index (χ1) is 6.74. The molecule has 1 heterocycles. The highest BCUT2D eigenvalue weighted by Gasteiger charge is 2.23. The second-order valence-electron chi connectivity index (χ2n) is 4.48. The molecule has 1 saturated carbocycles. The molecule has 1 aliphatic rings. The van der Waals surface area contributed by atoms with Crippen LogP contribution in [0, 0.1) is 12.8 Å². The lowest BCUT2D eigenvalue weighted by atomic mass is 10.1. The predicted molar refractivity (Wildman–Crippen MR) is 59.4 cm³/mol. The van der Waals surface area contributed by atoms with E-state index in [9.17, 15) is 0 Å². The van der Waals surface area contributed by atoms with Gasteiger partial charge >= 0.3 is 0 Å².